The molecule has 5 heterocycles. The van der Waals surface area contributed by atoms with E-state index < -0.39 is 5.60 Å². The third kappa shape index (κ3) is 8.72. The summed E-state index contributed by atoms with van der Waals surface area (Å²) >= 11 is 0. The Balaban J connectivity index is 0.767. The third-order valence-corrected chi connectivity index (χ3v) is 23.5. The molecule has 428 valence electrons. The van der Waals surface area contributed by atoms with Crippen molar-refractivity contribution in [2.24, 2.45) is 39.9 Å². The van der Waals surface area contributed by atoms with E-state index >= 15 is 0 Å². The molecule has 4 fully saturated rings. The monoisotopic (exact) mass is 1120 g/mol. The smallest absolute Gasteiger partial charge is 0.244 e. The highest BCUT2D eigenvalue weighted by molar-refractivity contribution is 5.55. The molecule has 11 nitrogen and oxygen atoms in total. The minimum Gasteiger partial charge on any atom is -0.507 e. The Bertz CT molecular complexity index is 3750. The Morgan fingerprint density at radius 2 is 0.881 bits per heavy atom. The fraction of sp³-hybridized carbons (Fsp3) is 0.452. The standard InChI is InChI=1S/C73H80N8O3/c1-6-70(3)22-20-66-60-16-14-56-62(58(60)18-23-71(66,70)4)36-54-42-78-30-26-74(46-78)38-50-10-8-11-51(34-50)39-75-27-31-79(47-75)43-55-37-63-57(15-17-61-59(63)19-24-72(5)67(61)21-25-73(72,84)7-2)65(69(55)83)45-81-33-29-77(49-81)41-53-13-9-12-52(35-53)40-76-28-32-80(48-76)44-64(56)68(54)82/h1-2,8-13,26-37,46-49,58-61,66-67,84H,14-25,38-45H2,3-5H3/q+2/p+2/t58-,59-,60+,61+,66-,67-,70+,71-,72-,73-/m0/s1. The normalized spacial score (nSPS) is 29.7. The zero-order valence-electron chi connectivity index (χ0n) is 49.4. The number of hydrogen-bond donors (Lipinski definition) is 3. The van der Waals surface area contributed by atoms with Crippen molar-refractivity contribution in [3.05, 3.63) is 202 Å². The average molecular weight is 1120 g/mol. The van der Waals surface area contributed by atoms with E-state index in [9.17, 15) is 15.3 Å². The molecule has 7 aliphatic rings. The van der Waals surface area contributed by atoms with Crippen molar-refractivity contribution in [3.63, 3.8) is 0 Å². The lowest BCUT2D eigenvalue weighted by molar-refractivity contribution is -0.689. The van der Waals surface area contributed by atoms with Crippen molar-refractivity contribution in [1.82, 2.24) is 18.3 Å². The van der Waals surface area contributed by atoms with Gasteiger partial charge in [-0.05, 0) is 194 Å². The lowest BCUT2D eigenvalue weighted by Crippen LogP contribution is -2.50. The molecule has 4 aromatic heterocycles. The van der Waals surface area contributed by atoms with E-state index in [1.165, 1.54) is 50.9 Å². The van der Waals surface area contributed by atoms with Crippen LogP contribution in [0.5, 0.6) is 11.5 Å². The van der Waals surface area contributed by atoms with E-state index in [1.54, 1.807) is 0 Å². The highest BCUT2D eigenvalue weighted by Crippen LogP contribution is 2.68. The fourth-order valence-electron chi connectivity index (χ4n) is 18.8. The molecule has 0 spiro atoms. The third-order valence-electron chi connectivity index (χ3n) is 23.5. The Kier molecular flexibility index (Phi) is 12.7. The highest BCUT2D eigenvalue weighted by atomic mass is 16.3. The molecule has 16 bridgehead atoms. The van der Waals surface area contributed by atoms with Gasteiger partial charge in [0.1, 0.15) is 119 Å². The van der Waals surface area contributed by atoms with E-state index in [1.807, 2.05) is 0 Å². The van der Waals surface area contributed by atoms with Crippen LogP contribution in [0.2, 0.25) is 0 Å². The van der Waals surface area contributed by atoms with Gasteiger partial charge in [0.05, 0.1) is 0 Å². The molecule has 15 rings (SSSR count). The summed E-state index contributed by atoms with van der Waals surface area (Å²) in [5.41, 5.74) is 13.2. The molecule has 11 heteroatoms. The minimum atomic E-state index is -1.06. The van der Waals surface area contributed by atoms with Crippen molar-refractivity contribution >= 4 is 0 Å². The second-order valence-electron chi connectivity index (χ2n) is 27.8. The van der Waals surface area contributed by atoms with Crippen molar-refractivity contribution in [3.8, 4) is 36.2 Å². The van der Waals surface area contributed by atoms with Crippen LogP contribution in [0.25, 0.3) is 0 Å². The molecular weight excluding hydrogens is 1040 g/mol. The van der Waals surface area contributed by atoms with Gasteiger partial charge in [-0.15, -0.1) is 12.8 Å². The van der Waals surface area contributed by atoms with Crippen LogP contribution in [0.3, 0.4) is 0 Å². The van der Waals surface area contributed by atoms with Gasteiger partial charge >= 0.3 is 0 Å². The van der Waals surface area contributed by atoms with E-state index in [-0.39, 0.29) is 16.2 Å². The van der Waals surface area contributed by atoms with E-state index in [0.717, 1.165) is 106 Å². The van der Waals surface area contributed by atoms with Gasteiger partial charge in [-0.2, -0.15) is 0 Å². The molecule has 0 amide bonds. The number of aromatic nitrogens is 8. The second-order valence-corrected chi connectivity index (χ2v) is 27.8. The number of nitrogens with zero attached hydrogens (tertiary/aromatic N) is 8. The average Bonchev–Trinajstić information content (AvgIpc) is 2.81. The van der Waals surface area contributed by atoms with Crippen LogP contribution in [0.4, 0.5) is 0 Å². The number of phenolic OH excluding ortho intramolecular Hbond substituents is 2. The van der Waals surface area contributed by atoms with Crippen LogP contribution in [-0.4, -0.2) is 39.2 Å². The molecule has 3 N–H and O–H groups in total. The fourth-order valence-corrected chi connectivity index (χ4v) is 18.8. The number of imidazole rings is 4. The van der Waals surface area contributed by atoms with Crippen LogP contribution in [-0.2, 0) is 65.2 Å². The maximum absolute atomic E-state index is 12.6. The summed E-state index contributed by atoms with van der Waals surface area (Å²) in [5.74, 6) is 9.82. The summed E-state index contributed by atoms with van der Waals surface area (Å²) < 4.78 is 18.0. The number of rotatable bonds is 0. The van der Waals surface area contributed by atoms with Crippen molar-refractivity contribution in [2.45, 2.75) is 168 Å². The lowest BCUT2D eigenvalue weighted by atomic mass is 9.51. The number of aliphatic hydroxyl groups is 1. The summed E-state index contributed by atoms with van der Waals surface area (Å²) in [7, 11) is 0. The Morgan fingerprint density at radius 1 is 0.476 bits per heavy atom. The number of benzene rings is 4. The van der Waals surface area contributed by atoms with E-state index in [2.05, 4.69) is 205 Å². The highest BCUT2D eigenvalue weighted by Gasteiger charge is 2.62. The molecule has 0 unspecified atom stereocenters. The summed E-state index contributed by atoms with van der Waals surface area (Å²) in [6.07, 6.45) is 50.6. The Labute approximate surface area is 495 Å². The van der Waals surface area contributed by atoms with Crippen molar-refractivity contribution in [1.29, 1.82) is 0 Å². The molecule has 4 aromatic carbocycles. The lowest BCUT2D eigenvalue weighted by Gasteiger charge is -2.53. The van der Waals surface area contributed by atoms with Crippen molar-refractivity contribution in [2.75, 3.05) is 0 Å². The van der Waals surface area contributed by atoms with Gasteiger partial charge in [-0.3, -0.25) is 0 Å². The van der Waals surface area contributed by atoms with Crippen LogP contribution >= 0.6 is 0 Å². The van der Waals surface area contributed by atoms with Gasteiger partial charge < -0.3 is 15.3 Å². The summed E-state index contributed by atoms with van der Waals surface area (Å²) in [6, 6.07) is 22.6. The van der Waals surface area contributed by atoms with Gasteiger partial charge in [0.25, 0.3) is 0 Å². The van der Waals surface area contributed by atoms with Crippen LogP contribution in [0, 0.1) is 64.6 Å². The number of aromatic hydroxyl groups is 2. The zero-order valence-corrected chi connectivity index (χ0v) is 49.4. The van der Waals surface area contributed by atoms with Crippen molar-refractivity contribution < 1.29 is 33.6 Å². The maximum Gasteiger partial charge on any atom is 0.244 e. The summed E-state index contributed by atoms with van der Waals surface area (Å²) in [4.78, 5) is 0. The first kappa shape index (κ1) is 53.1. The number of hydrogen-bond acceptors (Lipinski definition) is 3. The predicted octanol–water partition coefficient (Wildman–Crippen LogP) is 9.87. The minimum absolute atomic E-state index is 0.0600. The summed E-state index contributed by atoms with van der Waals surface area (Å²) in [6.45, 7) is 12.3. The zero-order chi connectivity index (χ0) is 57.3. The van der Waals surface area contributed by atoms with Crippen LogP contribution < -0.4 is 18.3 Å². The first-order valence-electron chi connectivity index (χ1n) is 31.4. The maximum atomic E-state index is 12.6. The Hall–Kier alpha value is -7.60. The molecule has 8 aromatic rings. The van der Waals surface area contributed by atoms with Gasteiger partial charge in [0, 0.05) is 33.1 Å². The van der Waals surface area contributed by atoms with Gasteiger partial charge in [0.15, 0.2) is 0 Å². The topological polar surface area (TPSA) is 95.9 Å². The quantitative estimate of drug-likeness (QED) is 0.104. The first-order chi connectivity index (χ1) is 40.7. The molecule has 84 heavy (non-hydrogen) atoms. The molecule has 0 saturated heterocycles. The summed E-state index contributed by atoms with van der Waals surface area (Å²) in [5, 5.41) is 36.9. The molecule has 6 aliphatic carbocycles. The molecule has 10 atom stereocenters. The largest absolute Gasteiger partial charge is 0.507 e. The molecule has 4 saturated carbocycles. The molecule has 1 aliphatic heterocycles. The first-order valence-corrected chi connectivity index (χ1v) is 31.4. The van der Waals surface area contributed by atoms with Crippen LogP contribution in [0.1, 0.15) is 164 Å². The van der Waals surface area contributed by atoms with Crippen LogP contribution in [0.15, 0.2) is 136 Å². The SMILES string of the molecule is C#C[C@]1(C)CC[C@H]2[C@@H]3CCc4c(cc5c(O)c4Cn4cc[n+](c4)Cc4cccc(c4)C[n+]4ccn(c4)Cc4c(O)c(cc6c4CC[C@@H]4[C@@H]6CC[C@@]6(C)[C@H]4CC[C@@]6(O)C#C)Cn4cc[n+](c4)Cc4cccc(c4)C[n+]4ccn(c4)C5)[C@H]3CC[C@@]21C. The molecular formula is C73H82N8O3+4. The van der Waals surface area contributed by atoms with E-state index in [0.29, 0.717) is 86.2 Å². The predicted molar refractivity (Wildman–Crippen MR) is 320 cm³/mol. The van der Waals surface area contributed by atoms with Gasteiger partial charge in [-0.1, -0.05) is 62.1 Å². The molecule has 0 radical (unpaired) electrons. The number of phenols is 2. The van der Waals surface area contributed by atoms with Gasteiger partial charge in [-0.25, -0.2) is 36.5 Å². The number of fused-ring (bicyclic) bond motifs is 28. The van der Waals surface area contributed by atoms with Gasteiger partial charge in [0.2, 0.25) is 25.3 Å². The van der Waals surface area contributed by atoms with E-state index in [4.69, 9.17) is 12.8 Å². The Morgan fingerprint density at radius 3 is 1.31 bits per heavy atom. The second kappa shape index (κ2) is 20.0. The number of terminal acetylenes is 2.